The van der Waals surface area contributed by atoms with Crippen LogP contribution >= 0.6 is 11.3 Å². The van der Waals surface area contributed by atoms with Crippen LogP contribution in [0.3, 0.4) is 0 Å². The molecule has 1 fully saturated rings. The van der Waals surface area contributed by atoms with E-state index in [-0.39, 0.29) is 0 Å². The predicted octanol–water partition coefficient (Wildman–Crippen LogP) is 3.79. The summed E-state index contributed by atoms with van der Waals surface area (Å²) in [6.07, 6.45) is 6.52. The summed E-state index contributed by atoms with van der Waals surface area (Å²) in [5.41, 5.74) is 0. The van der Waals surface area contributed by atoms with Gasteiger partial charge in [-0.25, -0.2) is 9.97 Å². The minimum atomic E-state index is 0.515. The van der Waals surface area contributed by atoms with Gasteiger partial charge in [0.15, 0.2) is 0 Å². The molecule has 114 valence electrons. The Hall–Kier alpha value is -1.72. The van der Waals surface area contributed by atoms with E-state index in [4.69, 9.17) is 0 Å². The summed E-state index contributed by atoms with van der Waals surface area (Å²) >= 11 is 1.74. The van der Waals surface area contributed by atoms with Crippen molar-refractivity contribution in [1.82, 2.24) is 15.3 Å². The van der Waals surface area contributed by atoms with E-state index in [1.165, 1.54) is 41.2 Å². The van der Waals surface area contributed by atoms with E-state index in [9.17, 15) is 0 Å². The second kappa shape index (κ2) is 5.82. The highest BCUT2D eigenvalue weighted by Gasteiger charge is 2.21. The topological polar surface area (TPSA) is 49.8 Å². The van der Waals surface area contributed by atoms with Crippen molar-refractivity contribution in [3.63, 3.8) is 0 Å². The molecule has 1 aromatic carbocycles. The molecule has 0 atom stereocenters. The van der Waals surface area contributed by atoms with Crippen LogP contribution in [0.4, 0.5) is 5.82 Å². The lowest BCUT2D eigenvalue weighted by atomic mass is 9.91. The van der Waals surface area contributed by atoms with Gasteiger partial charge in [-0.15, -0.1) is 11.3 Å². The summed E-state index contributed by atoms with van der Waals surface area (Å²) < 4.78 is 1.28. The van der Waals surface area contributed by atoms with Gasteiger partial charge in [-0.2, -0.15) is 0 Å². The Morgan fingerprint density at radius 2 is 1.82 bits per heavy atom. The van der Waals surface area contributed by atoms with Crippen LogP contribution in [0.15, 0.2) is 30.6 Å². The number of benzene rings is 1. The Bertz CT molecular complexity index is 790. The molecule has 1 saturated carbocycles. The standard InChI is InChI=1S/C17H20N4S/c1-18-11-6-8-12(9-7-11)21-16-15-13-4-2-3-5-14(13)22-17(15)20-10-19-16/h2-5,10-12,18H,6-9H2,1H3,(H,19,20,21)/t11-,12-. The number of anilines is 1. The molecule has 2 aromatic heterocycles. The Kier molecular flexibility index (Phi) is 3.68. The number of rotatable bonds is 3. The summed E-state index contributed by atoms with van der Waals surface area (Å²) in [5.74, 6) is 0.996. The zero-order valence-electron chi connectivity index (χ0n) is 12.7. The zero-order chi connectivity index (χ0) is 14.9. The fraction of sp³-hybridized carbons (Fsp3) is 0.412. The minimum Gasteiger partial charge on any atom is -0.367 e. The predicted molar refractivity (Wildman–Crippen MR) is 93.6 cm³/mol. The van der Waals surface area contributed by atoms with Gasteiger partial charge in [0.05, 0.1) is 5.39 Å². The van der Waals surface area contributed by atoms with E-state index in [1.54, 1.807) is 17.7 Å². The van der Waals surface area contributed by atoms with Crippen molar-refractivity contribution in [2.45, 2.75) is 37.8 Å². The molecular weight excluding hydrogens is 292 g/mol. The van der Waals surface area contributed by atoms with Crippen LogP contribution < -0.4 is 10.6 Å². The molecule has 1 aliphatic rings. The maximum atomic E-state index is 4.53. The van der Waals surface area contributed by atoms with E-state index >= 15 is 0 Å². The normalized spacial score (nSPS) is 22.2. The largest absolute Gasteiger partial charge is 0.367 e. The van der Waals surface area contributed by atoms with Gasteiger partial charge in [0.2, 0.25) is 0 Å². The molecule has 2 N–H and O–H groups in total. The van der Waals surface area contributed by atoms with Crippen LogP contribution in [0.5, 0.6) is 0 Å². The third kappa shape index (κ3) is 2.44. The van der Waals surface area contributed by atoms with Crippen LogP contribution in [0.2, 0.25) is 0 Å². The number of aromatic nitrogens is 2. The second-order valence-electron chi connectivity index (χ2n) is 5.98. The quantitative estimate of drug-likeness (QED) is 0.772. The van der Waals surface area contributed by atoms with Crippen molar-refractivity contribution in [3.8, 4) is 0 Å². The fourth-order valence-corrected chi connectivity index (χ4v) is 4.43. The Morgan fingerprint density at radius 3 is 2.64 bits per heavy atom. The SMILES string of the molecule is CN[C@H]1CC[C@H](Nc2ncnc3sc4ccccc4c23)CC1. The first-order valence-electron chi connectivity index (χ1n) is 7.91. The van der Waals surface area contributed by atoms with Crippen molar-refractivity contribution < 1.29 is 0 Å². The molecule has 1 aliphatic carbocycles. The molecular formula is C17H20N4S. The fourth-order valence-electron chi connectivity index (χ4n) is 3.39. The maximum Gasteiger partial charge on any atom is 0.139 e. The van der Waals surface area contributed by atoms with Crippen LogP contribution in [-0.4, -0.2) is 29.1 Å². The minimum absolute atomic E-state index is 0.515. The van der Waals surface area contributed by atoms with Crippen molar-refractivity contribution in [2.24, 2.45) is 0 Å². The molecule has 5 heteroatoms. The second-order valence-corrected chi connectivity index (χ2v) is 7.01. The number of nitrogens with zero attached hydrogens (tertiary/aromatic N) is 2. The van der Waals surface area contributed by atoms with Gasteiger partial charge in [-0.1, -0.05) is 18.2 Å². The average molecular weight is 312 g/mol. The van der Waals surface area contributed by atoms with E-state index in [0.29, 0.717) is 12.1 Å². The molecule has 3 aromatic rings. The van der Waals surface area contributed by atoms with Crippen LogP contribution in [0.1, 0.15) is 25.7 Å². The molecule has 0 bridgehead atoms. The number of hydrogen-bond acceptors (Lipinski definition) is 5. The van der Waals surface area contributed by atoms with Gasteiger partial charge in [0, 0.05) is 22.2 Å². The molecule has 0 amide bonds. The molecule has 0 unspecified atom stereocenters. The number of thiophene rings is 1. The molecule has 2 heterocycles. The first-order chi connectivity index (χ1) is 10.8. The highest BCUT2D eigenvalue weighted by atomic mass is 32.1. The van der Waals surface area contributed by atoms with Crippen LogP contribution in [0.25, 0.3) is 20.3 Å². The number of hydrogen-bond donors (Lipinski definition) is 2. The Balaban J connectivity index is 1.67. The highest BCUT2D eigenvalue weighted by Crippen LogP contribution is 2.36. The lowest BCUT2D eigenvalue weighted by molar-refractivity contribution is 0.371. The summed E-state index contributed by atoms with van der Waals surface area (Å²) in [5, 5.41) is 9.50. The summed E-state index contributed by atoms with van der Waals surface area (Å²) in [4.78, 5) is 10.1. The van der Waals surface area contributed by atoms with Gasteiger partial charge in [0.25, 0.3) is 0 Å². The maximum absolute atomic E-state index is 4.53. The van der Waals surface area contributed by atoms with Gasteiger partial charge in [-0.05, 0) is 38.8 Å². The molecule has 0 spiro atoms. The van der Waals surface area contributed by atoms with Gasteiger partial charge >= 0.3 is 0 Å². The van der Waals surface area contributed by atoms with Crippen LogP contribution in [-0.2, 0) is 0 Å². The molecule has 0 saturated heterocycles. The lowest BCUT2D eigenvalue weighted by Crippen LogP contribution is -2.35. The highest BCUT2D eigenvalue weighted by molar-refractivity contribution is 7.25. The number of fused-ring (bicyclic) bond motifs is 3. The van der Waals surface area contributed by atoms with Gasteiger partial charge in [0.1, 0.15) is 17.0 Å². The van der Waals surface area contributed by atoms with E-state index in [2.05, 4.69) is 51.9 Å². The Labute approximate surface area is 134 Å². The summed E-state index contributed by atoms with van der Waals surface area (Å²) in [7, 11) is 2.06. The number of nitrogens with one attached hydrogen (secondary N) is 2. The zero-order valence-corrected chi connectivity index (χ0v) is 13.5. The molecule has 22 heavy (non-hydrogen) atoms. The smallest absolute Gasteiger partial charge is 0.139 e. The monoisotopic (exact) mass is 312 g/mol. The summed E-state index contributed by atoms with van der Waals surface area (Å²) in [6, 6.07) is 9.68. The van der Waals surface area contributed by atoms with Crippen molar-refractivity contribution in [1.29, 1.82) is 0 Å². The lowest BCUT2D eigenvalue weighted by Gasteiger charge is -2.29. The van der Waals surface area contributed by atoms with E-state index < -0.39 is 0 Å². The van der Waals surface area contributed by atoms with E-state index in [0.717, 1.165) is 10.6 Å². The summed E-state index contributed by atoms with van der Waals surface area (Å²) in [6.45, 7) is 0. The third-order valence-electron chi connectivity index (χ3n) is 4.65. The molecule has 0 aliphatic heterocycles. The third-order valence-corrected chi connectivity index (χ3v) is 5.73. The van der Waals surface area contributed by atoms with Gasteiger partial charge < -0.3 is 10.6 Å². The molecule has 4 nitrogen and oxygen atoms in total. The van der Waals surface area contributed by atoms with Crippen molar-refractivity contribution >= 4 is 37.5 Å². The van der Waals surface area contributed by atoms with Gasteiger partial charge in [-0.3, -0.25) is 0 Å². The molecule has 4 rings (SSSR count). The molecule has 0 radical (unpaired) electrons. The van der Waals surface area contributed by atoms with Crippen molar-refractivity contribution in [3.05, 3.63) is 30.6 Å². The van der Waals surface area contributed by atoms with Crippen LogP contribution in [0, 0.1) is 0 Å². The first kappa shape index (κ1) is 13.9. The van der Waals surface area contributed by atoms with E-state index in [1.807, 2.05) is 0 Å². The Morgan fingerprint density at radius 1 is 1.05 bits per heavy atom. The average Bonchev–Trinajstić information content (AvgIpc) is 2.95. The first-order valence-corrected chi connectivity index (χ1v) is 8.73. The van der Waals surface area contributed by atoms with Crippen molar-refractivity contribution in [2.75, 3.05) is 12.4 Å².